The first-order valence-electron chi connectivity index (χ1n) is 3.76. The van der Waals surface area contributed by atoms with Gasteiger partial charge in [-0.3, -0.25) is 0 Å². The first-order valence-corrected chi connectivity index (χ1v) is 4.53. The molecule has 0 aliphatic heterocycles. The van der Waals surface area contributed by atoms with E-state index in [-0.39, 0.29) is 0 Å². The predicted molar refractivity (Wildman–Crippen MR) is 52.3 cm³/mol. The molecule has 2 rings (SSSR count). The Morgan fingerprint density at radius 3 is 2.86 bits per heavy atom. The average molecular weight is 203 g/mol. The quantitative estimate of drug-likeness (QED) is 0.748. The van der Waals surface area contributed by atoms with E-state index in [0.717, 1.165) is 11.5 Å². The Labute approximate surface area is 84.0 Å². The summed E-state index contributed by atoms with van der Waals surface area (Å²) in [7, 11) is 0. The van der Waals surface area contributed by atoms with Crippen molar-refractivity contribution in [3.8, 4) is 17.6 Å². The molecule has 0 aliphatic carbocycles. The van der Waals surface area contributed by atoms with Crippen molar-refractivity contribution in [2.45, 2.75) is 0 Å². The van der Waals surface area contributed by atoms with E-state index in [4.69, 9.17) is 11.0 Å². The Morgan fingerprint density at radius 2 is 2.21 bits per heavy atom. The number of hydrogen-bond donors (Lipinski definition) is 1. The summed E-state index contributed by atoms with van der Waals surface area (Å²) < 4.78 is 4.00. The third-order valence-corrected chi connectivity index (χ3v) is 2.08. The molecule has 6 heteroatoms. The molecule has 2 heterocycles. The Kier molecular flexibility index (Phi) is 2.08. The molecule has 0 aliphatic rings. The number of aromatic nitrogens is 3. The lowest BCUT2D eigenvalue weighted by Gasteiger charge is -1.93. The van der Waals surface area contributed by atoms with E-state index < -0.39 is 0 Å². The van der Waals surface area contributed by atoms with Gasteiger partial charge in [0, 0.05) is 11.5 Å². The smallest absolute Gasteiger partial charge is 0.200 e. The van der Waals surface area contributed by atoms with Crippen LogP contribution in [-0.4, -0.2) is 14.3 Å². The zero-order valence-electron chi connectivity index (χ0n) is 7.01. The number of rotatable bonds is 1. The highest BCUT2D eigenvalue weighted by atomic mass is 32.1. The van der Waals surface area contributed by atoms with Crippen LogP contribution >= 0.6 is 11.5 Å². The number of nitrogens with zero attached hydrogens (tertiary/aromatic N) is 4. The van der Waals surface area contributed by atoms with Gasteiger partial charge in [0.1, 0.15) is 17.5 Å². The van der Waals surface area contributed by atoms with Crippen LogP contribution in [0, 0.1) is 11.3 Å². The molecule has 0 aromatic carbocycles. The molecule has 0 amide bonds. The number of anilines is 1. The average Bonchev–Trinajstić information content (AvgIpc) is 2.65. The Bertz CT molecular complexity index is 498. The van der Waals surface area contributed by atoms with Crippen LogP contribution in [0.1, 0.15) is 5.69 Å². The van der Waals surface area contributed by atoms with Crippen LogP contribution in [0.15, 0.2) is 18.2 Å². The van der Waals surface area contributed by atoms with E-state index in [1.54, 1.807) is 18.2 Å². The number of hydrogen-bond acceptors (Lipinski definition) is 6. The third kappa shape index (κ3) is 1.53. The van der Waals surface area contributed by atoms with Gasteiger partial charge in [-0.25, -0.2) is 4.98 Å². The number of nitrogens with two attached hydrogens (primary N) is 1. The summed E-state index contributed by atoms with van der Waals surface area (Å²) >= 11 is 1.11. The molecule has 14 heavy (non-hydrogen) atoms. The van der Waals surface area contributed by atoms with Crippen molar-refractivity contribution in [2.24, 2.45) is 0 Å². The lowest BCUT2D eigenvalue weighted by Crippen LogP contribution is -1.89. The van der Waals surface area contributed by atoms with Crippen LogP contribution in [-0.2, 0) is 0 Å². The Hall–Kier alpha value is -2.00. The highest BCUT2D eigenvalue weighted by molar-refractivity contribution is 7.09. The van der Waals surface area contributed by atoms with E-state index in [1.165, 1.54) is 0 Å². The summed E-state index contributed by atoms with van der Waals surface area (Å²) in [5.41, 5.74) is 6.35. The second-order valence-corrected chi connectivity index (χ2v) is 3.26. The molecule has 68 valence electrons. The fourth-order valence-electron chi connectivity index (χ4n) is 0.961. The monoisotopic (exact) mass is 203 g/mol. The lowest BCUT2D eigenvalue weighted by atomic mass is 10.3. The van der Waals surface area contributed by atoms with Crippen LogP contribution in [0.3, 0.4) is 0 Å². The standard InChI is InChI=1S/C8H5N5S/c9-4-5-2-1-3-6(11-5)7-12-8(10)14-13-7/h1-3H,(H2,10,12,13). The van der Waals surface area contributed by atoms with Gasteiger partial charge in [-0.1, -0.05) is 6.07 Å². The highest BCUT2D eigenvalue weighted by Crippen LogP contribution is 2.16. The maximum atomic E-state index is 8.64. The summed E-state index contributed by atoms with van der Waals surface area (Å²) in [5, 5.41) is 9.03. The summed E-state index contributed by atoms with van der Waals surface area (Å²) in [4.78, 5) is 8.01. The number of nitrogen functional groups attached to an aromatic ring is 1. The van der Waals surface area contributed by atoms with Gasteiger partial charge in [-0.2, -0.15) is 14.6 Å². The van der Waals surface area contributed by atoms with Crippen LogP contribution in [0.4, 0.5) is 5.13 Å². The van der Waals surface area contributed by atoms with Crippen molar-refractivity contribution in [1.29, 1.82) is 5.26 Å². The Morgan fingerprint density at radius 1 is 1.36 bits per heavy atom. The van der Waals surface area contributed by atoms with Gasteiger partial charge in [0.15, 0.2) is 11.0 Å². The fraction of sp³-hybridized carbons (Fsp3) is 0. The van der Waals surface area contributed by atoms with Crippen molar-refractivity contribution in [3.05, 3.63) is 23.9 Å². The van der Waals surface area contributed by atoms with Crippen LogP contribution in [0.5, 0.6) is 0 Å². The predicted octanol–water partition coefficient (Wildman–Crippen LogP) is 1.05. The summed E-state index contributed by atoms with van der Waals surface area (Å²) in [6.07, 6.45) is 0. The van der Waals surface area contributed by atoms with Gasteiger partial charge in [0.05, 0.1) is 0 Å². The van der Waals surface area contributed by atoms with Crippen molar-refractivity contribution in [3.63, 3.8) is 0 Å². The van der Waals surface area contributed by atoms with Crippen molar-refractivity contribution in [2.75, 3.05) is 5.73 Å². The molecule has 0 radical (unpaired) electrons. The minimum Gasteiger partial charge on any atom is -0.374 e. The third-order valence-electron chi connectivity index (χ3n) is 1.53. The van der Waals surface area contributed by atoms with Crippen LogP contribution < -0.4 is 5.73 Å². The first kappa shape index (κ1) is 8.59. The maximum Gasteiger partial charge on any atom is 0.200 e. The fourth-order valence-corrected chi connectivity index (χ4v) is 1.40. The molecule has 2 aromatic rings. The molecule has 0 unspecified atom stereocenters. The molecular weight excluding hydrogens is 198 g/mol. The normalized spacial score (nSPS) is 9.64. The van der Waals surface area contributed by atoms with Crippen LogP contribution in [0.25, 0.3) is 11.5 Å². The molecule has 2 aromatic heterocycles. The lowest BCUT2D eigenvalue weighted by molar-refractivity contribution is 1.21. The van der Waals surface area contributed by atoms with E-state index >= 15 is 0 Å². The van der Waals surface area contributed by atoms with Gasteiger partial charge < -0.3 is 5.73 Å². The molecule has 0 atom stereocenters. The van der Waals surface area contributed by atoms with Gasteiger partial charge in [0.25, 0.3) is 0 Å². The zero-order valence-corrected chi connectivity index (χ0v) is 7.82. The second kappa shape index (κ2) is 3.40. The molecule has 0 spiro atoms. The molecule has 2 N–H and O–H groups in total. The minimum atomic E-state index is 0.343. The summed E-state index contributed by atoms with van der Waals surface area (Å²) in [5.74, 6) is 0.463. The summed E-state index contributed by atoms with van der Waals surface area (Å²) in [6.45, 7) is 0. The Balaban J connectivity index is 2.47. The van der Waals surface area contributed by atoms with Gasteiger partial charge in [0.2, 0.25) is 0 Å². The SMILES string of the molecule is N#Cc1cccc(-c2nsc(N)n2)n1. The van der Waals surface area contributed by atoms with Crippen molar-refractivity contribution in [1.82, 2.24) is 14.3 Å². The zero-order chi connectivity index (χ0) is 9.97. The van der Waals surface area contributed by atoms with Gasteiger partial charge in [-0.05, 0) is 12.1 Å². The first-order chi connectivity index (χ1) is 6.79. The molecule has 0 fully saturated rings. The van der Waals surface area contributed by atoms with E-state index in [0.29, 0.717) is 22.3 Å². The van der Waals surface area contributed by atoms with E-state index in [2.05, 4.69) is 14.3 Å². The topological polar surface area (TPSA) is 88.5 Å². The number of nitriles is 1. The summed E-state index contributed by atoms with van der Waals surface area (Å²) in [6, 6.07) is 7.05. The van der Waals surface area contributed by atoms with E-state index in [9.17, 15) is 0 Å². The molecule has 0 saturated heterocycles. The number of pyridine rings is 1. The largest absolute Gasteiger partial charge is 0.374 e. The van der Waals surface area contributed by atoms with Gasteiger partial charge in [-0.15, -0.1) is 0 Å². The van der Waals surface area contributed by atoms with E-state index in [1.807, 2.05) is 6.07 Å². The van der Waals surface area contributed by atoms with Gasteiger partial charge >= 0.3 is 0 Å². The van der Waals surface area contributed by atoms with Crippen LogP contribution in [0.2, 0.25) is 0 Å². The molecular formula is C8H5N5S. The molecule has 5 nitrogen and oxygen atoms in total. The molecule has 0 saturated carbocycles. The van der Waals surface area contributed by atoms with Crippen molar-refractivity contribution < 1.29 is 0 Å². The maximum absolute atomic E-state index is 8.64. The highest BCUT2D eigenvalue weighted by Gasteiger charge is 2.05. The second-order valence-electron chi connectivity index (χ2n) is 2.48. The van der Waals surface area contributed by atoms with Crippen molar-refractivity contribution >= 4 is 16.7 Å². The minimum absolute atomic E-state index is 0.343. The molecule has 0 bridgehead atoms.